The number of aromatic carboxylic acids is 1. The molecule has 6 nitrogen and oxygen atoms in total. The van der Waals surface area contributed by atoms with Crippen LogP contribution in [0.3, 0.4) is 0 Å². The van der Waals surface area contributed by atoms with Crippen molar-refractivity contribution in [2.45, 2.75) is 4.21 Å². The van der Waals surface area contributed by atoms with Crippen molar-refractivity contribution in [3.63, 3.8) is 0 Å². The van der Waals surface area contributed by atoms with Crippen LogP contribution in [0.25, 0.3) is 10.2 Å². The lowest BCUT2D eigenvalue weighted by Crippen LogP contribution is -2.11. The number of carbonyl (C=O) groups is 1. The van der Waals surface area contributed by atoms with Crippen molar-refractivity contribution in [1.82, 2.24) is 4.98 Å². The zero-order chi connectivity index (χ0) is 15.0. The highest BCUT2D eigenvalue weighted by atomic mass is 32.2. The summed E-state index contributed by atoms with van der Waals surface area (Å²) in [4.78, 5) is 14.9. The number of anilines is 1. The van der Waals surface area contributed by atoms with Gasteiger partial charge < -0.3 is 5.11 Å². The van der Waals surface area contributed by atoms with E-state index in [2.05, 4.69) is 9.71 Å². The van der Waals surface area contributed by atoms with Crippen LogP contribution in [0.1, 0.15) is 9.67 Å². The van der Waals surface area contributed by atoms with E-state index in [-0.39, 0.29) is 9.09 Å². The topological polar surface area (TPSA) is 96.4 Å². The van der Waals surface area contributed by atoms with Crippen LogP contribution in [0.15, 0.2) is 40.1 Å². The summed E-state index contributed by atoms with van der Waals surface area (Å²) in [7, 11) is -3.80. The summed E-state index contributed by atoms with van der Waals surface area (Å²) in [6.07, 6.45) is 0. The van der Waals surface area contributed by atoms with Gasteiger partial charge in [-0.25, -0.2) is 18.2 Å². The first kappa shape index (κ1) is 14.0. The molecule has 0 unspecified atom stereocenters. The van der Waals surface area contributed by atoms with Crippen LogP contribution in [0.4, 0.5) is 5.69 Å². The number of carboxylic acid groups (broad SMARTS) is 1. The molecule has 3 rings (SSSR count). The summed E-state index contributed by atoms with van der Waals surface area (Å²) >= 11 is 2.17. The van der Waals surface area contributed by atoms with Gasteiger partial charge in [0.25, 0.3) is 10.0 Å². The van der Waals surface area contributed by atoms with Gasteiger partial charge in [-0.2, -0.15) is 0 Å². The third kappa shape index (κ3) is 2.75. The van der Waals surface area contributed by atoms with E-state index < -0.39 is 16.0 Å². The molecule has 2 N–H and O–H groups in total. The summed E-state index contributed by atoms with van der Waals surface area (Å²) < 4.78 is 27.7. The molecule has 0 aliphatic rings. The first-order valence-electron chi connectivity index (χ1n) is 5.65. The highest BCUT2D eigenvalue weighted by Crippen LogP contribution is 2.26. The zero-order valence-corrected chi connectivity index (χ0v) is 12.8. The van der Waals surface area contributed by atoms with Gasteiger partial charge in [0.05, 0.1) is 21.4 Å². The van der Waals surface area contributed by atoms with Crippen molar-refractivity contribution in [1.29, 1.82) is 0 Å². The predicted molar refractivity (Wildman–Crippen MR) is 81.7 cm³/mol. The maximum absolute atomic E-state index is 12.2. The number of nitrogens with zero attached hydrogens (tertiary/aromatic N) is 1. The smallest absolute Gasteiger partial charge is 0.345 e. The molecule has 0 aliphatic heterocycles. The molecule has 0 saturated carbocycles. The fraction of sp³-hybridized carbons (Fsp3) is 0. The second-order valence-electron chi connectivity index (χ2n) is 4.06. The summed E-state index contributed by atoms with van der Waals surface area (Å²) in [6, 6.07) is 7.60. The average Bonchev–Trinajstić information content (AvgIpc) is 3.07. The van der Waals surface area contributed by atoms with Crippen LogP contribution >= 0.6 is 22.7 Å². The van der Waals surface area contributed by atoms with E-state index in [1.165, 1.54) is 23.5 Å². The van der Waals surface area contributed by atoms with Gasteiger partial charge in [-0.3, -0.25) is 4.72 Å². The lowest BCUT2D eigenvalue weighted by Gasteiger charge is -2.05. The molecule has 0 spiro atoms. The molecule has 21 heavy (non-hydrogen) atoms. The van der Waals surface area contributed by atoms with Gasteiger partial charge in [0.2, 0.25) is 0 Å². The number of nitrogens with one attached hydrogen (secondary N) is 1. The quantitative estimate of drug-likeness (QED) is 0.761. The van der Waals surface area contributed by atoms with E-state index in [1.54, 1.807) is 23.7 Å². The number of rotatable bonds is 4. The molecule has 9 heteroatoms. The minimum absolute atomic E-state index is 0.0228. The molecule has 0 fully saturated rings. The van der Waals surface area contributed by atoms with Crippen molar-refractivity contribution in [2.75, 3.05) is 4.72 Å². The number of thiazole rings is 1. The first-order valence-corrected chi connectivity index (χ1v) is 8.83. The maximum atomic E-state index is 12.2. The standard InChI is InChI=1S/C12H8N2O4S3/c15-12(16)10-3-4-11(20-10)21(17,18)14-7-1-2-9-8(5-7)13-6-19-9/h1-6,14H,(H,15,16). The molecule has 0 saturated heterocycles. The fourth-order valence-corrected chi connectivity index (χ4v) is 4.56. The summed E-state index contributed by atoms with van der Waals surface area (Å²) in [6.45, 7) is 0. The maximum Gasteiger partial charge on any atom is 0.345 e. The van der Waals surface area contributed by atoms with Crippen molar-refractivity contribution in [3.05, 3.63) is 40.7 Å². The largest absolute Gasteiger partial charge is 0.477 e. The minimum Gasteiger partial charge on any atom is -0.477 e. The van der Waals surface area contributed by atoms with Crippen LogP contribution < -0.4 is 4.72 Å². The van der Waals surface area contributed by atoms with E-state index in [9.17, 15) is 13.2 Å². The fourth-order valence-electron chi connectivity index (χ4n) is 1.71. The Kier molecular flexibility index (Phi) is 3.40. The molecular formula is C12H8N2O4S3. The van der Waals surface area contributed by atoms with E-state index >= 15 is 0 Å². The molecule has 1 aromatic carbocycles. The molecular weight excluding hydrogens is 332 g/mol. The highest BCUT2D eigenvalue weighted by Gasteiger charge is 2.19. The molecule has 0 aliphatic carbocycles. The molecule has 108 valence electrons. The Labute approximate surface area is 127 Å². The van der Waals surface area contributed by atoms with Gasteiger partial charge in [0.15, 0.2) is 0 Å². The van der Waals surface area contributed by atoms with Gasteiger partial charge >= 0.3 is 5.97 Å². The van der Waals surface area contributed by atoms with Gasteiger partial charge in [0.1, 0.15) is 9.09 Å². The van der Waals surface area contributed by atoms with Crippen molar-refractivity contribution in [3.8, 4) is 0 Å². The summed E-state index contributed by atoms with van der Waals surface area (Å²) in [5, 5.41) is 8.84. The van der Waals surface area contributed by atoms with Crippen molar-refractivity contribution in [2.24, 2.45) is 0 Å². The monoisotopic (exact) mass is 340 g/mol. The van der Waals surface area contributed by atoms with E-state index in [4.69, 9.17) is 5.11 Å². The van der Waals surface area contributed by atoms with Crippen molar-refractivity contribution < 1.29 is 18.3 Å². The van der Waals surface area contributed by atoms with Crippen LogP contribution in [0.2, 0.25) is 0 Å². The molecule has 0 radical (unpaired) electrons. The van der Waals surface area contributed by atoms with Gasteiger partial charge in [-0.15, -0.1) is 22.7 Å². The zero-order valence-electron chi connectivity index (χ0n) is 10.3. The Morgan fingerprint density at radius 3 is 2.76 bits per heavy atom. The minimum atomic E-state index is -3.80. The van der Waals surface area contributed by atoms with Gasteiger partial charge in [-0.1, -0.05) is 0 Å². The Morgan fingerprint density at radius 2 is 2.05 bits per heavy atom. The molecule has 0 atom stereocenters. The Morgan fingerprint density at radius 1 is 1.24 bits per heavy atom. The number of hydrogen-bond donors (Lipinski definition) is 2. The number of fused-ring (bicyclic) bond motifs is 1. The second-order valence-corrected chi connectivity index (χ2v) is 7.94. The number of sulfonamides is 1. The van der Waals surface area contributed by atoms with Crippen molar-refractivity contribution >= 4 is 54.6 Å². The molecule has 3 aromatic rings. The Balaban J connectivity index is 1.92. The first-order chi connectivity index (χ1) is 9.95. The molecule has 0 bridgehead atoms. The number of benzene rings is 1. The Bertz CT molecular complexity index is 927. The van der Waals surface area contributed by atoms with E-state index in [1.807, 2.05) is 0 Å². The van der Waals surface area contributed by atoms with Gasteiger partial charge in [0, 0.05) is 0 Å². The lowest BCUT2D eigenvalue weighted by molar-refractivity contribution is 0.0702. The molecule has 2 heterocycles. The molecule has 0 amide bonds. The third-order valence-corrected chi connectivity index (χ3v) is 6.40. The summed E-state index contributed by atoms with van der Waals surface area (Å²) in [5.74, 6) is -1.15. The third-order valence-electron chi connectivity index (χ3n) is 2.64. The normalized spacial score (nSPS) is 11.6. The molecule has 2 aromatic heterocycles. The summed E-state index contributed by atoms with van der Waals surface area (Å²) in [5.41, 5.74) is 2.78. The number of carboxylic acids is 1. The van der Waals surface area contributed by atoms with E-state index in [0.717, 1.165) is 4.70 Å². The van der Waals surface area contributed by atoms with E-state index in [0.29, 0.717) is 22.5 Å². The lowest BCUT2D eigenvalue weighted by atomic mass is 10.3. The number of hydrogen-bond acceptors (Lipinski definition) is 6. The van der Waals surface area contributed by atoms with Crippen LogP contribution in [-0.4, -0.2) is 24.5 Å². The SMILES string of the molecule is O=C(O)c1ccc(S(=O)(=O)Nc2ccc3scnc3c2)s1. The van der Waals surface area contributed by atoms with Crippen LogP contribution in [0.5, 0.6) is 0 Å². The van der Waals surface area contributed by atoms with Gasteiger partial charge in [-0.05, 0) is 30.3 Å². The second kappa shape index (κ2) is 5.10. The average molecular weight is 340 g/mol. The Hall–Kier alpha value is -1.97. The highest BCUT2D eigenvalue weighted by molar-refractivity contribution is 7.94. The number of thiophene rings is 1. The van der Waals surface area contributed by atoms with Crippen LogP contribution in [-0.2, 0) is 10.0 Å². The predicted octanol–water partition coefficient (Wildman–Crippen LogP) is 2.86. The number of aromatic nitrogens is 1. The van der Waals surface area contributed by atoms with Crippen LogP contribution in [0, 0.1) is 0 Å².